The number of carbonyl (C=O) groups is 1. The Hall–Kier alpha value is -3.29. The molecule has 1 heterocycles. The fraction of sp³-hybridized carbons (Fsp3) is 0. The summed E-state index contributed by atoms with van der Waals surface area (Å²) in [5.74, 6) is -3.35. The van der Waals surface area contributed by atoms with Gasteiger partial charge in [-0.2, -0.15) is 0 Å². The molecule has 24 heavy (non-hydrogen) atoms. The third kappa shape index (κ3) is 2.58. The van der Waals surface area contributed by atoms with E-state index >= 15 is 0 Å². The van der Waals surface area contributed by atoms with E-state index in [4.69, 9.17) is 11.1 Å². The first-order valence-corrected chi connectivity index (χ1v) is 6.70. The lowest BCUT2D eigenvalue weighted by atomic mass is 10.0. The predicted octanol–water partition coefficient (Wildman–Crippen LogP) is 3.67. The maximum absolute atomic E-state index is 14.0. The largest absolute Gasteiger partial charge is 0.411 e. The molecule has 0 bridgehead atoms. The van der Waals surface area contributed by atoms with Crippen LogP contribution >= 0.6 is 0 Å². The van der Waals surface area contributed by atoms with Crippen LogP contribution in [0.25, 0.3) is 22.2 Å². The van der Waals surface area contributed by atoms with Gasteiger partial charge in [0, 0.05) is 5.39 Å². The van der Waals surface area contributed by atoms with Crippen molar-refractivity contribution < 1.29 is 22.7 Å². The molecule has 0 aliphatic heterocycles. The third-order valence-corrected chi connectivity index (χ3v) is 3.43. The van der Waals surface area contributed by atoms with Crippen molar-refractivity contribution in [1.29, 1.82) is 5.41 Å². The van der Waals surface area contributed by atoms with Crippen molar-refractivity contribution in [2.75, 3.05) is 0 Å². The Balaban J connectivity index is 2.30. The van der Waals surface area contributed by atoms with Crippen LogP contribution in [0.3, 0.4) is 0 Å². The van der Waals surface area contributed by atoms with E-state index in [1.165, 1.54) is 30.3 Å². The first-order chi connectivity index (χ1) is 11.4. The molecule has 8 heteroatoms. The number of ether oxygens (including phenoxy) is 1. The number of carbonyl (C=O) groups excluding carboxylic acids is 1. The van der Waals surface area contributed by atoms with E-state index in [2.05, 4.69) is 9.72 Å². The fourth-order valence-electron chi connectivity index (χ4n) is 2.42. The summed E-state index contributed by atoms with van der Waals surface area (Å²) >= 11 is 0. The highest BCUT2D eigenvalue weighted by atomic mass is 19.2. The Morgan fingerprint density at radius 3 is 2.38 bits per heavy atom. The molecule has 5 nitrogen and oxygen atoms in total. The average Bonchev–Trinajstić information content (AvgIpc) is 2.91. The summed E-state index contributed by atoms with van der Waals surface area (Å²) in [6.07, 6.45) is -1.22. The van der Waals surface area contributed by atoms with Gasteiger partial charge in [0.15, 0.2) is 11.6 Å². The topological polar surface area (TPSA) is 92.0 Å². The van der Waals surface area contributed by atoms with Gasteiger partial charge in [-0.05, 0) is 42.0 Å². The molecule has 0 radical (unpaired) electrons. The summed E-state index contributed by atoms with van der Waals surface area (Å²) in [5.41, 5.74) is 5.27. The molecule has 1 amide bonds. The molecule has 4 N–H and O–H groups in total. The van der Waals surface area contributed by atoms with Crippen LogP contribution in [0, 0.1) is 22.9 Å². The third-order valence-electron chi connectivity index (χ3n) is 3.43. The van der Waals surface area contributed by atoms with Crippen molar-refractivity contribution in [1.82, 2.24) is 4.98 Å². The Morgan fingerprint density at radius 1 is 1.08 bits per heavy atom. The second kappa shape index (κ2) is 5.73. The van der Waals surface area contributed by atoms with E-state index in [-0.39, 0.29) is 22.2 Å². The van der Waals surface area contributed by atoms with E-state index < -0.39 is 29.4 Å². The number of aromatic nitrogens is 1. The number of hydrogen-bond donors (Lipinski definition) is 3. The van der Waals surface area contributed by atoms with E-state index in [9.17, 15) is 18.0 Å². The molecular weight excluding hydrogens is 323 g/mol. The lowest BCUT2D eigenvalue weighted by Gasteiger charge is -2.06. The molecule has 0 aliphatic carbocycles. The van der Waals surface area contributed by atoms with Crippen molar-refractivity contribution in [2.45, 2.75) is 0 Å². The van der Waals surface area contributed by atoms with Crippen molar-refractivity contribution in [3.63, 3.8) is 0 Å². The fourth-order valence-corrected chi connectivity index (χ4v) is 2.42. The maximum atomic E-state index is 14.0. The SMILES string of the molecule is N=C(OC(N)=O)c1c(-c2ccc(F)cc2)[nH]c2c(F)c(F)ccc12. The zero-order valence-corrected chi connectivity index (χ0v) is 12.0. The molecule has 0 unspecified atom stereocenters. The first kappa shape index (κ1) is 15.6. The highest BCUT2D eigenvalue weighted by Gasteiger charge is 2.22. The van der Waals surface area contributed by atoms with Crippen LogP contribution in [0.1, 0.15) is 5.56 Å². The highest BCUT2D eigenvalue weighted by molar-refractivity contribution is 6.13. The Morgan fingerprint density at radius 2 is 1.75 bits per heavy atom. The molecule has 0 saturated carbocycles. The van der Waals surface area contributed by atoms with Gasteiger partial charge in [-0.1, -0.05) is 0 Å². The monoisotopic (exact) mass is 333 g/mol. The van der Waals surface area contributed by atoms with Gasteiger partial charge in [-0.3, -0.25) is 5.41 Å². The number of nitrogens with two attached hydrogens (primary N) is 1. The average molecular weight is 333 g/mol. The van der Waals surface area contributed by atoms with Crippen molar-refractivity contribution in [3.05, 3.63) is 59.4 Å². The second-order valence-corrected chi connectivity index (χ2v) is 4.92. The van der Waals surface area contributed by atoms with E-state index in [1.54, 1.807) is 0 Å². The quantitative estimate of drug-likeness (QED) is 0.493. The lowest BCUT2D eigenvalue weighted by molar-refractivity contribution is 0.208. The van der Waals surface area contributed by atoms with Crippen molar-refractivity contribution in [3.8, 4) is 11.3 Å². The zero-order valence-electron chi connectivity index (χ0n) is 12.0. The summed E-state index contributed by atoms with van der Waals surface area (Å²) in [6, 6.07) is 7.23. The Labute approximate surface area is 133 Å². The molecule has 122 valence electrons. The first-order valence-electron chi connectivity index (χ1n) is 6.70. The van der Waals surface area contributed by atoms with Crippen LogP contribution < -0.4 is 5.73 Å². The Bertz CT molecular complexity index is 965. The number of amides is 1. The van der Waals surface area contributed by atoms with Crippen LogP contribution in [-0.4, -0.2) is 17.0 Å². The molecule has 0 atom stereocenters. The minimum absolute atomic E-state index is 0.00862. The summed E-state index contributed by atoms with van der Waals surface area (Å²) < 4.78 is 45.2. The standard InChI is InChI=1S/C16H10F3N3O2/c17-8-3-1-7(2-4-8)13-11(15(20)24-16(21)23)9-5-6-10(18)12(19)14(9)22-13/h1-6,20,22H,(H2,21,23). The molecule has 2 aromatic carbocycles. The molecule has 0 fully saturated rings. The minimum Gasteiger partial charge on any atom is -0.391 e. The van der Waals surface area contributed by atoms with Gasteiger partial charge >= 0.3 is 6.09 Å². The number of H-pyrrole nitrogens is 1. The van der Waals surface area contributed by atoms with Crippen LogP contribution in [0.15, 0.2) is 36.4 Å². The highest BCUT2D eigenvalue weighted by Crippen LogP contribution is 2.33. The van der Waals surface area contributed by atoms with Gasteiger partial charge in [-0.25, -0.2) is 18.0 Å². The van der Waals surface area contributed by atoms with E-state index in [0.29, 0.717) is 5.56 Å². The van der Waals surface area contributed by atoms with Crippen molar-refractivity contribution in [2.24, 2.45) is 5.73 Å². The van der Waals surface area contributed by atoms with Crippen LogP contribution in [0.5, 0.6) is 0 Å². The minimum atomic E-state index is -1.22. The molecular formula is C16H10F3N3O2. The number of hydrogen-bond acceptors (Lipinski definition) is 3. The molecule has 0 spiro atoms. The van der Waals surface area contributed by atoms with Gasteiger partial charge in [0.2, 0.25) is 5.90 Å². The number of rotatable bonds is 2. The summed E-state index contributed by atoms with van der Waals surface area (Å²) in [7, 11) is 0. The number of aromatic amines is 1. The van der Waals surface area contributed by atoms with Gasteiger partial charge in [0.05, 0.1) is 16.8 Å². The number of nitrogens with one attached hydrogen (secondary N) is 2. The molecule has 1 aromatic heterocycles. The second-order valence-electron chi connectivity index (χ2n) is 4.92. The molecule has 3 rings (SSSR count). The van der Waals surface area contributed by atoms with E-state index in [1.807, 2.05) is 0 Å². The predicted molar refractivity (Wildman–Crippen MR) is 81.1 cm³/mol. The number of benzene rings is 2. The zero-order chi connectivity index (χ0) is 17.4. The molecule has 0 saturated heterocycles. The Kier molecular flexibility index (Phi) is 3.72. The van der Waals surface area contributed by atoms with Gasteiger partial charge < -0.3 is 15.5 Å². The smallest absolute Gasteiger partial charge is 0.391 e. The summed E-state index contributed by atoms with van der Waals surface area (Å²) in [6.45, 7) is 0. The van der Waals surface area contributed by atoms with Crippen LogP contribution in [-0.2, 0) is 4.74 Å². The van der Waals surface area contributed by atoms with Crippen molar-refractivity contribution >= 4 is 22.9 Å². The summed E-state index contributed by atoms with van der Waals surface area (Å²) in [4.78, 5) is 13.6. The summed E-state index contributed by atoms with van der Waals surface area (Å²) in [5, 5.41) is 8.01. The van der Waals surface area contributed by atoms with Gasteiger partial charge in [0.1, 0.15) is 5.82 Å². The maximum Gasteiger partial charge on any atom is 0.411 e. The van der Waals surface area contributed by atoms with Gasteiger partial charge in [0.25, 0.3) is 0 Å². The van der Waals surface area contributed by atoms with E-state index in [0.717, 1.165) is 6.07 Å². The number of primary amides is 1. The van der Waals surface area contributed by atoms with Crippen LogP contribution in [0.4, 0.5) is 18.0 Å². The molecule has 0 aliphatic rings. The van der Waals surface area contributed by atoms with Crippen LogP contribution in [0.2, 0.25) is 0 Å². The lowest BCUT2D eigenvalue weighted by Crippen LogP contribution is -2.18. The number of fused-ring (bicyclic) bond motifs is 1. The van der Waals surface area contributed by atoms with Gasteiger partial charge in [-0.15, -0.1) is 0 Å². The normalized spacial score (nSPS) is 10.8. The number of halogens is 3. The molecule has 3 aromatic rings.